The SMILES string of the molecule is O=C(O)C1C=CC=N1. The van der Waals surface area contributed by atoms with Gasteiger partial charge in [-0.15, -0.1) is 0 Å². The van der Waals surface area contributed by atoms with Gasteiger partial charge in [0.1, 0.15) is 0 Å². The zero-order valence-corrected chi connectivity index (χ0v) is 4.11. The molecule has 0 spiro atoms. The van der Waals surface area contributed by atoms with Crippen molar-refractivity contribution in [2.45, 2.75) is 6.04 Å². The number of aliphatic imine (C=N–C) groups is 1. The van der Waals surface area contributed by atoms with Crippen LogP contribution in [0.15, 0.2) is 17.1 Å². The fourth-order valence-corrected chi connectivity index (χ4v) is 0.493. The molecular weight excluding hydrogens is 106 g/mol. The number of carboxylic acids is 1. The van der Waals surface area contributed by atoms with Gasteiger partial charge in [0.05, 0.1) is 0 Å². The van der Waals surface area contributed by atoms with E-state index in [0.29, 0.717) is 0 Å². The number of nitrogens with zero attached hydrogens (tertiary/aromatic N) is 1. The second kappa shape index (κ2) is 1.78. The van der Waals surface area contributed by atoms with Gasteiger partial charge in [0, 0.05) is 6.21 Å². The molecule has 8 heavy (non-hydrogen) atoms. The minimum Gasteiger partial charge on any atom is -0.479 e. The number of hydrogen-bond donors (Lipinski definition) is 1. The summed E-state index contributed by atoms with van der Waals surface area (Å²) in [6.07, 6.45) is 4.64. The highest BCUT2D eigenvalue weighted by molar-refractivity contribution is 5.85. The second-order valence-corrected chi connectivity index (χ2v) is 1.47. The van der Waals surface area contributed by atoms with E-state index in [4.69, 9.17) is 5.11 Å². The Hall–Kier alpha value is -1.12. The molecule has 0 radical (unpaired) electrons. The maximum atomic E-state index is 10.0. The third-order valence-corrected chi connectivity index (χ3v) is 0.879. The molecule has 0 amide bonds. The third kappa shape index (κ3) is 0.753. The molecule has 0 saturated heterocycles. The quantitative estimate of drug-likeness (QED) is 0.521. The van der Waals surface area contributed by atoms with E-state index in [1.165, 1.54) is 12.3 Å². The highest BCUT2D eigenvalue weighted by Crippen LogP contribution is 1.97. The van der Waals surface area contributed by atoms with E-state index in [2.05, 4.69) is 4.99 Å². The molecule has 1 aliphatic rings. The van der Waals surface area contributed by atoms with Gasteiger partial charge in [-0.2, -0.15) is 0 Å². The molecule has 1 unspecified atom stereocenters. The lowest BCUT2D eigenvalue weighted by atomic mass is 10.3. The van der Waals surface area contributed by atoms with Crippen LogP contribution in [-0.4, -0.2) is 23.3 Å². The molecule has 0 aromatic carbocycles. The molecule has 42 valence electrons. The molecule has 1 heterocycles. The molecule has 3 heteroatoms. The average molecular weight is 111 g/mol. The standard InChI is InChI=1S/C5H5NO2/c7-5(8)4-2-1-3-6-4/h1-4H,(H,7,8). The summed E-state index contributed by atoms with van der Waals surface area (Å²) in [5.74, 6) is -0.894. The first-order valence-corrected chi connectivity index (χ1v) is 2.23. The van der Waals surface area contributed by atoms with E-state index in [9.17, 15) is 4.79 Å². The van der Waals surface area contributed by atoms with Crippen molar-refractivity contribution in [3.8, 4) is 0 Å². The summed E-state index contributed by atoms with van der Waals surface area (Å²) in [6.45, 7) is 0. The van der Waals surface area contributed by atoms with Crippen molar-refractivity contribution in [2.75, 3.05) is 0 Å². The highest BCUT2D eigenvalue weighted by atomic mass is 16.4. The fourth-order valence-electron chi connectivity index (χ4n) is 0.493. The summed E-state index contributed by atoms with van der Waals surface area (Å²) in [6, 6.07) is -0.630. The number of hydrogen-bond acceptors (Lipinski definition) is 2. The molecule has 0 aromatic heterocycles. The van der Waals surface area contributed by atoms with Crippen molar-refractivity contribution in [1.29, 1.82) is 0 Å². The number of aliphatic carboxylic acids is 1. The zero-order valence-electron chi connectivity index (χ0n) is 4.11. The Morgan fingerprint density at radius 2 is 2.50 bits per heavy atom. The summed E-state index contributed by atoms with van der Waals surface area (Å²) < 4.78 is 0. The predicted octanol–water partition coefficient (Wildman–Crippen LogP) is 0.0802. The van der Waals surface area contributed by atoms with Gasteiger partial charge in [0.25, 0.3) is 0 Å². The van der Waals surface area contributed by atoms with Crippen LogP contribution in [-0.2, 0) is 4.79 Å². The molecular formula is C5H5NO2. The van der Waals surface area contributed by atoms with Gasteiger partial charge in [-0.1, -0.05) is 0 Å². The summed E-state index contributed by atoms with van der Waals surface area (Å²) in [5, 5.41) is 8.25. The van der Waals surface area contributed by atoms with Crippen molar-refractivity contribution in [3.63, 3.8) is 0 Å². The molecule has 0 fully saturated rings. The van der Waals surface area contributed by atoms with Crippen LogP contribution in [0, 0.1) is 0 Å². The van der Waals surface area contributed by atoms with Crippen LogP contribution in [0.3, 0.4) is 0 Å². The summed E-state index contributed by atoms with van der Waals surface area (Å²) in [4.78, 5) is 13.6. The Bertz CT molecular complexity index is 148. The van der Waals surface area contributed by atoms with Crippen LogP contribution in [0.5, 0.6) is 0 Å². The van der Waals surface area contributed by atoms with E-state index in [1.807, 2.05) is 0 Å². The van der Waals surface area contributed by atoms with E-state index in [-0.39, 0.29) is 0 Å². The van der Waals surface area contributed by atoms with Gasteiger partial charge in [-0.3, -0.25) is 4.99 Å². The highest BCUT2D eigenvalue weighted by Gasteiger charge is 2.11. The molecule has 0 bridgehead atoms. The van der Waals surface area contributed by atoms with E-state index in [1.54, 1.807) is 6.08 Å². The lowest BCUT2D eigenvalue weighted by Gasteiger charge is -1.91. The van der Waals surface area contributed by atoms with E-state index < -0.39 is 12.0 Å². The number of carboxylic acid groups (broad SMARTS) is 1. The molecule has 3 nitrogen and oxygen atoms in total. The monoisotopic (exact) mass is 111 g/mol. The van der Waals surface area contributed by atoms with Crippen molar-refractivity contribution in [3.05, 3.63) is 12.2 Å². The Morgan fingerprint density at radius 3 is 2.75 bits per heavy atom. The normalized spacial score (nSPS) is 24.2. The van der Waals surface area contributed by atoms with Crippen LogP contribution in [0.25, 0.3) is 0 Å². The topological polar surface area (TPSA) is 49.7 Å². The first-order chi connectivity index (χ1) is 3.80. The van der Waals surface area contributed by atoms with Crippen LogP contribution < -0.4 is 0 Å². The largest absolute Gasteiger partial charge is 0.479 e. The number of carbonyl (C=O) groups is 1. The predicted molar refractivity (Wildman–Crippen MR) is 29.1 cm³/mol. The number of allylic oxidation sites excluding steroid dienone is 1. The molecule has 1 N–H and O–H groups in total. The lowest BCUT2D eigenvalue weighted by Crippen LogP contribution is -2.11. The minimum atomic E-state index is -0.894. The van der Waals surface area contributed by atoms with E-state index >= 15 is 0 Å². The fraction of sp³-hybridized carbons (Fsp3) is 0.200. The number of rotatable bonds is 1. The van der Waals surface area contributed by atoms with Crippen molar-refractivity contribution < 1.29 is 9.90 Å². The van der Waals surface area contributed by atoms with Crippen molar-refractivity contribution in [2.24, 2.45) is 4.99 Å². The first-order valence-electron chi connectivity index (χ1n) is 2.23. The second-order valence-electron chi connectivity index (χ2n) is 1.47. The summed E-state index contributed by atoms with van der Waals surface area (Å²) >= 11 is 0. The first kappa shape index (κ1) is 5.03. The molecule has 0 aliphatic carbocycles. The molecule has 0 saturated carbocycles. The Labute approximate surface area is 46.4 Å². The van der Waals surface area contributed by atoms with Gasteiger partial charge < -0.3 is 5.11 Å². The van der Waals surface area contributed by atoms with Gasteiger partial charge in [-0.05, 0) is 12.2 Å². The Morgan fingerprint density at radius 1 is 1.75 bits per heavy atom. The maximum Gasteiger partial charge on any atom is 0.332 e. The Kier molecular flexibility index (Phi) is 1.12. The van der Waals surface area contributed by atoms with Crippen LogP contribution in [0.2, 0.25) is 0 Å². The van der Waals surface area contributed by atoms with Gasteiger partial charge >= 0.3 is 5.97 Å². The maximum absolute atomic E-state index is 10.0. The van der Waals surface area contributed by atoms with Gasteiger partial charge in [0.2, 0.25) is 0 Å². The third-order valence-electron chi connectivity index (χ3n) is 0.879. The summed E-state index contributed by atoms with van der Waals surface area (Å²) in [7, 11) is 0. The Balaban J connectivity index is 2.62. The molecule has 1 aliphatic heterocycles. The smallest absolute Gasteiger partial charge is 0.332 e. The average Bonchev–Trinajstić information content (AvgIpc) is 2.12. The zero-order chi connectivity index (χ0) is 5.98. The summed E-state index contributed by atoms with van der Waals surface area (Å²) in [5.41, 5.74) is 0. The van der Waals surface area contributed by atoms with Crippen molar-refractivity contribution >= 4 is 12.2 Å². The molecule has 0 aromatic rings. The minimum absolute atomic E-state index is 0.630. The van der Waals surface area contributed by atoms with Gasteiger partial charge in [0.15, 0.2) is 6.04 Å². The van der Waals surface area contributed by atoms with Gasteiger partial charge in [-0.25, -0.2) is 4.79 Å². The van der Waals surface area contributed by atoms with Crippen LogP contribution in [0.1, 0.15) is 0 Å². The molecule has 1 atom stereocenters. The van der Waals surface area contributed by atoms with Crippen molar-refractivity contribution in [1.82, 2.24) is 0 Å². The van der Waals surface area contributed by atoms with Crippen LogP contribution >= 0.6 is 0 Å². The van der Waals surface area contributed by atoms with E-state index in [0.717, 1.165) is 0 Å². The lowest BCUT2D eigenvalue weighted by molar-refractivity contribution is -0.137. The molecule has 1 rings (SSSR count). The van der Waals surface area contributed by atoms with Crippen LogP contribution in [0.4, 0.5) is 0 Å².